The number of hydrogen-bond acceptors (Lipinski definition) is 4. The Bertz CT molecular complexity index is 1020. The second-order valence-corrected chi connectivity index (χ2v) is 5.94. The maximum atomic E-state index is 13.0. The molecule has 0 spiro atoms. The van der Waals surface area contributed by atoms with Gasteiger partial charge in [-0.15, -0.1) is 0 Å². The quantitative estimate of drug-likeness (QED) is 0.667. The van der Waals surface area contributed by atoms with Gasteiger partial charge in [-0.05, 0) is 30.3 Å². The normalized spacial score (nSPS) is 11.5. The van der Waals surface area contributed by atoms with E-state index in [1.54, 1.807) is 42.5 Å². The summed E-state index contributed by atoms with van der Waals surface area (Å²) < 4.78 is 19.6. The molecule has 0 fully saturated rings. The standard InChI is InChI=1S/C21H17FN2O4/c22-16-9-11-17(12-10-16)23-21(27)20(15-6-2-1-3-7-15)28-19(26)14-24-13-5-4-8-18(24)25/h1-13,20H,14H2,(H,23,27)/t20-/m1/s1. The fraction of sp³-hybridized carbons (Fsp3) is 0.0952. The molecule has 1 heterocycles. The number of aromatic nitrogens is 1. The van der Waals surface area contributed by atoms with Crippen LogP contribution in [0.5, 0.6) is 0 Å². The van der Waals surface area contributed by atoms with Gasteiger partial charge in [0.1, 0.15) is 12.4 Å². The molecule has 0 saturated carbocycles. The van der Waals surface area contributed by atoms with Crippen molar-refractivity contribution in [3.63, 3.8) is 0 Å². The third kappa shape index (κ3) is 4.91. The van der Waals surface area contributed by atoms with E-state index in [0.717, 1.165) is 0 Å². The summed E-state index contributed by atoms with van der Waals surface area (Å²) in [7, 11) is 0. The number of pyridine rings is 1. The zero-order valence-corrected chi connectivity index (χ0v) is 14.7. The number of halogens is 1. The summed E-state index contributed by atoms with van der Waals surface area (Å²) in [5, 5.41) is 2.60. The number of esters is 1. The minimum Gasteiger partial charge on any atom is -0.446 e. The van der Waals surface area contributed by atoms with Crippen molar-refractivity contribution < 1.29 is 18.7 Å². The Morgan fingerprint density at radius 1 is 0.964 bits per heavy atom. The molecule has 7 heteroatoms. The third-order valence-corrected chi connectivity index (χ3v) is 3.90. The summed E-state index contributed by atoms with van der Waals surface area (Å²) in [6.07, 6.45) is 0.234. The number of nitrogens with zero attached hydrogens (tertiary/aromatic N) is 1. The van der Waals surface area contributed by atoms with Crippen molar-refractivity contribution in [3.8, 4) is 0 Å². The number of carbonyl (C=O) groups is 2. The van der Waals surface area contributed by atoms with Crippen molar-refractivity contribution in [2.75, 3.05) is 5.32 Å². The first-order chi connectivity index (χ1) is 13.5. The van der Waals surface area contributed by atoms with E-state index in [-0.39, 0.29) is 12.1 Å². The monoisotopic (exact) mass is 380 g/mol. The SMILES string of the molecule is O=C(Cn1ccccc1=O)O[C@@H](C(=O)Nc1ccc(F)cc1)c1ccccc1. The van der Waals surface area contributed by atoms with E-state index in [4.69, 9.17) is 4.74 Å². The summed E-state index contributed by atoms with van der Waals surface area (Å²) in [6, 6.07) is 18.2. The van der Waals surface area contributed by atoms with Gasteiger partial charge in [-0.1, -0.05) is 36.4 Å². The molecule has 3 aromatic rings. The first-order valence-electron chi connectivity index (χ1n) is 8.49. The van der Waals surface area contributed by atoms with Crippen LogP contribution in [-0.4, -0.2) is 16.4 Å². The molecule has 3 rings (SSSR count). The number of anilines is 1. The van der Waals surface area contributed by atoms with E-state index in [1.807, 2.05) is 0 Å². The number of rotatable bonds is 6. The van der Waals surface area contributed by atoms with E-state index in [1.165, 1.54) is 41.1 Å². The van der Waals surface area contributed by atoms with Crippen LogP contribution in [0.25, 0.3) is 0 Å². The first-order valence-corrected chi connectivity index (χ1v) is 8.49. The van der Waals surface area contributed by atoms with Crippen LogP contribution in [0.3, 0.4) is 0 Å². The molecule has 0 bridgehead atoms. The Kier molecular flexibility index (Phi) is 5.96. The lowest BCUT2D eigenvalue weighted by Crippen LogP contribution is -2.29. The average molecular weight is 380 g/mol. The molecule has 0 aliphatic rings. The van der Waals surface area contributed by atoms with Crippen molar-refractivity contribution in [1.29, 1.82) is 0 Å². The molecule has 1 atom stereocenters. The second kappa shape index (κ2) is 8.77. The van der Waals surface area contributed by atoms with Gasteiger partial charge in [0.15, 0.2) is 0 Å². The number of nitrogens with one attached hydrogen (secondary N) is 1. The molecule has 1 N–H and O–H groups in total. The highest BCUT2D eigenvalue weighted by Gasteiger charge is 2.25. The summed E-state index contributed by atoms with van der Waals surface area (Å²) in [6.45, 7) is -0.327. The van der Waals surface area contributed by atoms with Crippen LogP contribution in [0, 0.1) is 5.82 Å². The van der Waals surface area contributed by atoms with Gasteiger partial charge in [-0.3, -0.25) is 14.4 Å². The molecular formula is C21H17FN2O4. The molecule has 0 radical (unpaired) electrons. The molecule has 0 saturated heterocycles. The predicted molar refractivity (Wildman–Crippen MR) is 101 cm³/mol. The van der Waals surface area contributed by atoms with E-state index < -0.39 is 23.8 Å². The van der Waals surface area contributed by atoms with E-state index >= 15 is 0 Å². The largest absolute Gasteiger partial charge is 0.446 e. The lowest BCUT2D eigenvalue weighted by atomic mass is 10.1. The fourth-order valence-electron chi connectivity index (χ4n) is 2.54. The minimum atomic E-state index is -1.22. The van der Waals surface area contributed by atoms with Gasteiger partial charge < -0.3 is 14.6 Å². The summed E-state index contributed by atoms with van der Waals surface area (Å²) in [5.41, 5.74) is 0.477. The fourth-order valence-corrected chi connectivity index (χ4v) is 2.54. The van der Waals surface area contributed by atoms with Crippen LogP contribution in [-0.2, 0) is 20.9 Å². The number of carbonyl (C=O) groups excluding carboxylic acids is 2. The number of hydrogen-bond donors (Lipinski definition) is 1. The lowest BCUT2D eigenvalue weighted by Gasteiger charge is -2.18. The third-order valence-electron chi connectivity index (χ3n) is 3.90. The van der Waals surface area contributed by atoms with E-state index in [2.05, 4.69) is 5.32 Å². The first kappa shape index (κ1) is 19.0. The van der Waals surface area contributed by atoms with Gasteiger partial charge in [0.2, 0.25) is 6.10 Å². The maximum Gasteiger partial charge on any atom is 0.327 e. The van der Waals surface area contributed by atoms with Crippen LogP contribution in [0.1, 0.15) is 11.7 Å². The van der Waals surface area contributed by atoms with Gasteiger partial charge in [-0.2, -0.15) is 0 Å². The Hall–Kier alpha value is -3.74. The maximum absolute atomic E-state index is 13.0. The van der Waals surface area contributed by atoms with Crippen molar-refractivity contribution in [1.82, 2.24) is 4.57 Å². The van der Waals surface area contributed by atoms with Crippen molar-refractivity contribution >= 4 is 17.6 Å². The lowest BCUT2D eigenvalue weighted by molar-refractivity contribution is -0.155. The topological polar surface area (TPSA) is 77.4 Å². The molecule has 0 aliphatic heterocycles. The Morgan fingerprint density at radius 2 is 1.64 bits per heavy atom. The number of benzene rings is 2. The summed E-state index contributed by atoms with van der Waals surface area (Å²) in [4.78, 5) is 36.8. The van der Waals surface area contributed by atoms with Gasteiger partial charge in [0, 0.05) is 23.5 Å². The van der Waals surface area contributed by atoms with Crippen molar-refractivity contribution in [2.24, 2.45) is 0 Å². The van der Waals surface area contributed by atoms with Gasteiger partial charge in [0.05, 0.1) is 0 Å². The van der Waals surface area contributed by atoms with Crippen LogP contribution in [0.2, 0.25) is 0 Å². The summed E-state index contributed by atoms with van der Waals surface area (Å²) in [5.74, 6) is -1.76. The van der Waals surface area contributed by atoms with E-state index in [9.17, 15) is 18.8 Å². The number of ether oxygens (including phenoxy) is 1. The zero-order chi connectivity index (χ0) is 19.9. The summed E-state index contributed by atoms with van der Waals surface area (Å²) >= 11 is 0. The molecule has 142 valence electrons. The van der Waals surface area contributed by atoms with Crippen LogP contribution < -0.4 is 10.9 Å². The smallest absolute Gasteiger partial charge is 0.327 e. The zero-order valence-electron chi connectivity index (χ0n) is 14.7. The predicted octanol–water partition coefficient (Wildman–Crippen LogP) is 2.91. The molecule has 1 amide bonds. The highest BCUT2D eigenvalue weighted by atomic mass is 19.1. The highest BCUT2D eigenvalue weighted by molar-refractivity contribution is 5.96. The highest BCUT2D eigenvalue weighted by Crippen LogP contribution is 2.20. The van der Waals surface area contributed by atoms with Crippen molar-refractivity contribution in [2.45, 2.75) is 12.6 Å². The molecular weight excluding hydrogens is 363 g/mol. The van der Waals surface area contributed by atoms with Crippen LogP contribution in [0.4, 0.5) is 10.1 Å². The van der Waals surface area contributed by atoms with Crippen molar-refractivity contribution in [3.05, 3.63) is 101 Å². The molecule has 1 aromatic heterocycles. The minimum absolute atomic E-state index is 0.327. The molecule has 6 nitrogen and oxygen atoms in total. The van der Waals surface area contributed by atoms with Gasteiger partial charge in [-0.25, -0.2) is 4.39 Å². The Balaban J connectivity index is 1.78. The Labute approximate surface area is 160 Å². The molecule has 28 heavy (non-hydrogen) atoms. The number of amides is 1. The van der Waals surface area contributed by atoms with Gasteiger partial charge in [0.25, 0.3) is 11.5 Å². The molecule has 0 unspecified atom stereocenters. The van der Waals surface area contributed by atoms with E-state index in [0.29, 0.717) is 11.3 Å². The average Bonchev–Trinajstić information content (AvgIpc) is 2.70. The van der Waals surface area contributed by atoms with Crippen LogP contribution >= 0.6 is 0 Å². The Morgan fingerprint density at radius 3 is 2.32 bits per heavy atom. The molecule has 0 aliphatic carbocycles. The molecule has 2 aromatic carbocycles. The van der Waals surface area contributed by atoms with Gasteiger partial charge >= 0.3 is 5.97 Å². The van der Waals surface area contributed by atoms with Crippen LogP contribution in [0.15, 0.2) is 83.8 Å². The second-order valence-electron chi connectivity index (χ2n) is 5.94.